The molecule has 0 radical (unpaired) electrons. The lowest BCUT2D eigenvalue weighted by Gasteiger charge is -2.21. The number of anilines is 2. The Bertz CT molecular complexity index is 515. The van der Waals surface area contributed by atoms with Gasteiger partial charge < -0.3 is 25.7 Å². The van der Waals surface area contributed by atoms with Crippen LogP contribution in [0.4, 0.5) is 16.2 Å². The quantitative estimate of drug-likeness (QED) is 0.629. The predicted octanol–water partition coefficient (Wildman–Crippen LogP) is 1.10. The summed E-state index contributed by atoms with van der Waals surface area (Å²) in [5, 5.41) is 23.5. The SMILES string of the molecule is CN(C)c1cccc(NC(=O)NCC(C)(O)CC(=O)O)c1. The molecule has 1 atom stereocenters. The van der Waals surface area contributed by atoms with Gasteiger partial charge in [-0.05, 0) is 25.1 Å². The van der Waals surface area contributed by atoms with Gasteiger partial charge in [-0.3, -0.25) is 4.79 Å². The minimum absolute atomic E-state index is 0.154. The molecule has 0 aromatic heterocycles. The zero-order chi connectivity index (χ0) is 16.0. The van der Waals surface area contributed by atoms with Crippen molar-refractivity contribution in [2.75, 3.05) is 30.9 Å². The molecule has 1 rings (SSSR count). The molecule has 1 aromatic rings. The fourth-order valence-corrected chi connectivity index (χ4v) is 1.70. The number of nitrogens with one attached hydrogen (secondary N) is 2. The van der Waals surface area contributed by atoms with Crippen molar-refractivity contribution < 1.29 is 19.8 Å². The van der Waals surface area contributed by atoms with Gasteiger partial charge in [-0.1, -0.05) is 6.07 Å². The fraction of sp³-hybridized carbons (Fsp3) is 0.429. The number of carboxylic acid groups (broad SMARTS) is 1. The van der Waals surface area contributed by atoms with Gasteiger partial charge in [0.25, 0.3) is 0 Å². The number of hydrogen-bond acceptors (Lipinski definition) is 4. The maximum absolute atomic E-state index is 11.7. The molecule has 2 amide bonds. The first kappa shape index (κ1) is 16.8. The summed E-state index contributed by atoms with van der Waals surface area (Å²) in [6.45, 7) is 1.20. The molecular formula is C14H21N3O4. The van der Waals surface area contributed by atoms with Crippen LogP contribution in [0.25, 0.3) is 0 Å². The molecule has 7 heteroatoms. The average Bonchev–Trinajstić information content (AvgIpc) is 2.35. The Labute approximate surface area is 123 Å². The monoisotopic (exact) mass is 295 g/mol. The van der Waals surface area contributed by atoms with E-state index >= 15 is 0 Å². The van der Waals surface area contributed by atoms with Gasteiger partial charge in [-0.25, -0.2) is 4.79 Å². The number of carbonyl (C=O) groups excluding carboxylic acids is 1. The van der Waals surface area contributed by atoms with Crippen LogP contribution in [0.3, 0.4) is 0 Å². The van der Waals surface area contributed by atoms with Crippen LogP contribution in [-0.4, -0.2) is 48.5 Å². The zero-order valence-electron chi connectivity index (χ0n) is 12.4. The summed E-state index contributed by atoms with van der Waals surface area (Å²) in [6.07, 6.45) is -0.441. The van der Waals surface area contributed by atoms with Gasteiger partial charge in [-0.15, -0.1) is 0 Å². The molecule has 4 N–H and O–H groups in total. The molecule has 0 aliphatic rings. The van der Waals surface area contributed by atoms with Crippen molar-refractivity contribution in [3.63, 3.8) is 0 Å². The van der Waals surface area contributed by atoms with Crippen LogP contribution in [0.2, 0.25) is 0 Å². The lowest BCUT2D eigenvalue weighted by atomic mass is 10.0. The lowest BCUT2D eigenvalue weighted by molar-refractivity contribution is -0.141. The first-order chi connectivity index (χ1) is 9.69. The molecule has 0 heterocycles. The Morgan fingerprint density at radius 1 is 1.33 bits per heavy atom. The van der Waals surface area contributed by atoms with Crippen molar-refractivity contribution in [2.24, 2.45) is 0 Å². The van der Waals surface area contributed by atoms with Crippen molar-refractivity contribution in [3.8, 4) is 0 Å². The van der Waals surface area contributed by atoms with E-state index in [0.717, 1.165) is 5.69 Å². The molecule has 1 unspecified atom stereocenters. The molecule has 0 saturated carbocycles. The number of amides is 2. The number of aliphatic carboxylic acids is 1. The molecule has 21 heavy (non-hydrogen) atoms. The van der Waals surface area contributed by atoms with Crippen LogP contribution in [-0.2, 0) is 4.79 Å². The van der Waals surface area contributed by atoms with Gasteiger partial charge in [0, 0.05) is 32.0 Å². The van der Waals surface area contributed by atoms with E-state index in [4.69, 9.17) is 5.11 Å². The third kappa shape index (κ3) is 6.13. The van der Waals surface area contributed by atoms with Crippen molar-refractivity contribution in [1.82, 2.24) is 5.32 Å². The van der Waals surface area contributed by atoms with Crippen molar-refractivity contribution >= 4 is 23.4 Å². The molecule has 1 aromatic carbocycles. The van der Waals surface area contributed by atoms with Crippen molar-refractivity contribution in [1.29, 1.82) is 0 Å². The lowest BCUT2D eigenvalue weighted by Crippen LogP contribution is -2.43. The first-order valence-electron chi connectivity index (χ1n) is 6.46. The molecule has 116 valence electrons. The highest BCUT2D eigenvalue weighted by atomic mass is 16.4. The van der Waals surface area contributed by atoms with Crippen LogP contribution in [0.15, 0.2) is 24.3 Å². The summed E-state index contributed by atoms with van der Waals surface area (Å²) in [6, 6.07) is 6.75. The van der Waals surface area contributed by atoms with E-state index in [9.17, 15) is 14.7 Å². The largest absolute Gasteiger partial charge is 0.481 e. The minimum atomic E-state index is -1.49. The predicted molar refractivity (Wildman–Crippen MR) is 80.7 cm³/mol. The van der Waals surface area contributed by atoms with Gasteiger partial charge in [-0.2, -0.15) is 0 Å². The third-order valence-corrected chi connectivity index (χ3v) is 2.78. The van der Waals surface area contributed by atoms with E-state index < -0.39 is 24.0 Å². The summed E-state index contributed by atoms with van der Waals surface area (Å²) in [7, 11) is 3.78. The third-order valence-electron chi connectivity index (χ3n) is 2.78. The highest BCUT2D eigenvalue weighted by Crippen LogP contribution is 2.17. The van der Waals surface area contributed by atoms with E-state index in [1.165, 1.54) is 6.92 Å². The summed E-state index contributed by atoms with van der Waals surface area (Å²) < 4.78 is 0. The number of benzene rings is 1. The van der Waals surface area contributed by atoms with Crippen molar-refractivity contribution in [3.05, 3.63) is 24.3 Å². The molecular weight excluding hydrogens is 274 g/mol. The van der Waals surface area contributed by atoms with E-state index in [-0.39, 0.29) is 6.54 Å². The number of carbonyl (C=O) groups is 2. The minimum Gasteiger partial charge on any atom is -0.481 e. The van der Waals surface area contributed by atoms with Crippen molar-refractivity contribution in [2.45, 2.75) is 18.9 Å². The number of urea groups is 1. The van der Waals surface area contributed by atoms with Crippen LogP contribution >= 0.6 is 0 Å². The van der Waals surface area contributed by atoms with Crippen LogP contribution in [0.1, 0.15) is 13.3 Å². The second kappa shape index (κ2) is 6.94. The van der Waals surface area contributed by atoms with Gasteiger partial charge in [0.1, 0.15) is 0 Å². The Balaban J connectivity index is 2.54. The molecule has 0 spiro atoms. The second-order valence-corrected chi connectivity index (χ2v) is 5.32. The molecule has 0 aliphatic carbocycles. The van der Waals surface area contributed by atoms with E-state index in [2.05, 4.69) is 10.6 Å². The number of hydrogen-bond donors (Lipinski definition) is 4. The summed E-state index contributed by atoms with van der Waals surface area (Å²) in [5.41, 5.74) is 0.0523. The highest BCUT2D eigenvalue weighted by Gasteiger charge is 2.24. The summed E-state index contributed by atoms with van der Waals surface area (Å²) in [5.74, 6) is -1.12. The first-order valence-corrected chi connectivity index (χ1v) is 6.46. The van der Waals surface area contributed by atoms with Gasteiger partial charge in [0.05, 0.1) is 12.0 Å². The molecule has 7 nitrogen and oxygen atoms in total. The van der Waals surface area contributed by atoms with E-state index in [1.54, 1.807) is 12.1 Å². The van der Waals surface area contributed by atoms with Crippen LogP contribution in [0.5, 0.6) is 0 Å². The number of aliphatic hydroxyl groups is 1. The van der Waals surface area contributed by atoms with Gasteiger partial charge >= 0.3 is 12.0 Å². The smallest absolute Gasteiger partial charge is 0.319 e. The maximum atomic E-state index is 11.7. The molecule has 0 saturated heterocycles. The molecule has 0 fully saturated rings. The number of carboxylic acids is 1. The average molecular weight is 295 g/mol. The Morgan fingerprint density at radius 3 is 2.57 bits per heavy atom. The highest BCUT2D eigenvalue weighted by molar-refractivity contribution is 5.89. The van der Waals surface area contributed by atoms with Crippen LogP contribution < -0.4 is 15.5 Å². The second-order valence-electron chi connectivity index (χ2n) is 5.32. The number of rotatable bonds is 6. The summed E-state index contributed by atoms with van der Waals surface area (Å²) in [4.78, 5) is 24.2. The van der Waals surface area contributed by atoms with E-state index in [0.29, 0.717) is 5.69 Å². The molecule has 0 aliphatic heterocycles. The van der Waals surface area contributed by atoms with Gasteiger partial charge in [0.15, 0.2) is 0 Å². The Hall–Kier alpha value is -2.28. The van der Waals surface area contributed by atoms with Crippen LogP contribution in [0, 0.1) is 0 Å². The summed E-state index contributed by atoms with van der Waals surface area (Å²) >= 11 is 0. The zero-order valence-corrected chi connectivity index (χ0v) is 12.4. The number of nitrogens with zero attached hydrogens (tertiary/aromatic N) is 1. The normalized spacial score (nSPS) is 13.1. The molecule has 0 bridgehead atoms. The van der Waals surface area contributed by atoms with E-state index in [1.807, 2.05) is 31.1 Å². The standard InChI is InChI=1S/C14H21N3O4/c1-14(21,8-12(18)19)9-15-13(20)16-10-5-4-6-11(7-10)17(2)3/h4-7,21H,8-9H2,1-3H3,(H,18,19)(H2,15,16,20). The topological polar surface area (TPSA) is 102 Å². The fourth-order valence-electron chi connectivity index (χ4n) is 1.70. The Morgan fingerprint density at radius 2 is 2.00 bits per heavy atom. The maximum Gasteiger partial charge on any atom is 0.319 e. The Kier molecular flexibility index (Phi) is 5.54. The van der Waals surface area contributed by atoms with Gasteiger partial charge in [0.2, 0.25) is 0 Å².